The number of rotatable bonds is 7. The van der Waals surface area contributed by atoms with Gasteiger partial charge >= 0.3 is 6.01 Å². The summed E-state index contributed by atoms with van der Waals surface area (Å²) in [4.78, 5) is 20.4. The van der Waals surface area contributed by atoms with Crippen LogP contribution in [-0.4, -0.2) is 22.5 Å². The van der Waals surface area contributed by atoms with Gasteiger partial charge < -0.3 is 14.8 Å². The summed E-state index contributed by atoms with van der Waals surface area (Å²) in [6, 6.07) is 16.4. The maximum absolute atomic E-state index is 12.3. The Kier molecular flexibility index (Phi) is 5.57. The van der Waals surface area contributed by atoms with Crippen LogP contribution >= 0.6 is 0 Å². The van der Waals surface area contributed by atoms with Gasteiger partial charge in [-0.25, -0.2) is 9.97 Å². The molecular formula is C20H17N3O3. The van der Waals surface area contributed by atoms with Crippen molar-refractivity contribution in [2.45, 2.75) is 0 Å². The number of nitrogens with one attached hydrogen (secondary N) is 1. The van der Waals surface area contributed by atoms with Gasteiger partial charge in [-0.2, -0.15) is 0 Å². The van der Waals surface area contributed by atoms with Crippen molar-refractivity contribution in [1.82, 2.24) is 9.97 Å². The number of hydrogen-bond donors (Lipinski definition) is 1. The zero-order chi connectivity index (χ0) is 18.2. The molecule has 0 atom stereocenters. The number of para-hydroxylation sites is 1. The fourth-order valence-corrected chi connectivity index (χ4v) is 2.07. The van der Waals surface area contributed by atoms with E-state index in [0.717, 1.165) is 0 Å². The van der Waals surface area contributed by atoms with Gasteiger partial charge in [-0.15, -0.1) is 0 Å². The Labute approximate surface area is 151 Å². The van der Waals surface area contributed by atoms with Crippen molar-refractivity contribution < 1.29 is 14.3 Å². The molecule has 0 saturated heterocycles. The van der Waals surface area contributed by atoms with E-state index in [1.165, 1.54) is 12.4 Å². The summed E-state index contributed by atoms with van der Waals surface area (Å²) < 4.78 is 10.9. The molecule has 0 spiro atoms. The number of carbonyl (C=O) groups is 1. The van der Waals surface area contributed by atoms with Crippen molar-refractivity contribution in [3.05, 3.63) is 85.2 Å². The van der Waals surface area contributed by atoms with Gasteiger partial charge in [0.2, 0.25) is 0 Å². The topological polar surface area (TPSA) is 73.3 Å². The number of ether oxygens (including phenoxy) is 2. The van der Waals surface area contributed by atoms with E-state index >= 15 is 0 Å². The second kappa shape index (κ2) is 8.43. The van der Waals surface area contributed by atoms with Crippen LogP contribution in [0.1, 0.15) is 10.4 Å². The van der Waals surface area contributed by atoms with Crippen LogP contribution in [0.3, 0.4) is 0 Å². The first kappa shape index (κ1) is 17.2. The summed E-state index contributed by atoms with van der Waals surface area (Å²) >= 11 is 0. The van der Waals surface area contributed by atoms with Gasteiger partial charge in [0.25, 0.3) is 5.91 Å². The zero-order valence-corrected chi connectivity index (χ0v) is 14.0. The maximum Gasteiger partial charge on any atom is 0.321 e. The van der Waals surface area contributed by atoms with Crippen LogP contribution in [-0.2, 0) is 0 Å². The van der Waals surface area contributed by atoms with Crippen LogP contribution in [0.5, 0.6) is 17.5 Å². The highest BCUT2D eigenvalue weighted by atomic mass is 16.5. The Morgan fingerprint density at radius 3 is 2.35 bits per heavy atom. The van der Waals surface area contributed by atoms with Gasteiger partial charge in [-0.05, 0) is 36.4 Å². The molecule has 6 nitrogen and oxygen atoms in total. The van der Waals surface area contributed by atoms with Crippen molar-refractivity contribution in [2.24, 2.45) is 0 Å². The molecule has 0 bridgehead atoms. The van der Waals surface area contributed by atoms with Crippen molar-refractivity contribution >= 4 is 11.6 Å². The first-order valence-corrected chi connectivity index (χ1v) is 7.94. The molecule has 0 fully saturated rings. The van der Waals surface area contributed by atoms with Gasteiger partial charge in [0.15, 0.2) is 0 Å². The molecule has 0 aliphatic rings. The minimum absolute atomic E-state index is 0.177. The maximum atomic E-state index is 12.3. The SMILES string of the molecule is C=CCOc1ccc(NC(=O)c2cnc(Oc3ccccc3)nc2)cc1. The molecule has 1 heterocycles. The lowest BCUT2D eigenvalue weighted by Gasteiger charge is -2.07. The van der Waals surface area contributed by atoms with Crippen molar-refractivity contribution in [3.8, 4) is 17.5 Å². The van der Waals surface area contributed by atoms with Crippen molar-refractivity contribution in [3.63, 3.8) is 0 Å². The van der Waals surface area contributed by atoms with E-state index in [-0.39, 0.29) is 11.9 Å². The summed E-state index contributed by atoms with van der Waals surface area (Å²) in [5.41, 5.74) is 0.975. The summed E-state index contributed by atoms with van der Waals surface area (Å²) in [7, 11) is 0. The lowest BCUT2D eigenvalue weighted by atomic mass is 10.2. The van der Waals surface area contributed by atoms with Crippen molar-refractivity contribution in [1.29, 1.82) is 0 Å². The third kappa shape index (κ3) is 4.67. The van der Waals surface area contributed by atoms with Crippen LogP contribution < -0.4 is 14.8 Å². The molecule has 0 unspecified atom stereocenters. The number of anilines is 1. The van der Waals surface area contributed by atoms with E-state index in [1.807, 2.05) is 18.2 Å². The first-order chi connectivity index (χ1) is 12.7. The standard InChI is InChI=1S/C20H17N3O3/c1-2-12-25-17-10-8-16(9-11-17)23-19(24)15-13-21-20(22-14-15)26-18-6-4-3-5-7-18/h2-11,13-14H,1,12H2,(H,23,24). The Balaban J connectivity index is 1.60. The highest BCUT2D eigenvalue weighted by Gasteiger charge is 2.09. The Bertz CT molecular complexity index is 863. The van der Waals surface area contributed by atoms with Gasteiger partial charge in [-0.3, -0.25) is 4.79 Å². The van der Waals surface area contributed by atoms with Crippen LogP contribution in [0.15, 0.2) is 79.6 Å². The Hall–Kier alpha value is -3.67. The van der Waals surface area contributed by atoms with E-state index in [0.29, 0.717) is 29.4 Å². The number of benzene rings is 2. The predicted octanol–water partition coefficient (Wildman–Crippen LogP) is 4.09. The van der Waals surface area contributed by atoms with E-state index in [2.05, 4.69) is 21.9 Å². The Morgan fingerprint density at radius 1 is 1.00 bits per heavy atom. The van der Waals surface area contributed by atoms with E-state index in [1.54, 1.807) is 42.5 Å². The van der Waals surface area contributed by atoms with E-state index < -0.39 is 0 Å². The predicted molar refractivity (Wildman–Crippen MR) is 98.6 cm³/mol. The summed E-state index contributed by atoms with van der Waals surface area (Å²) in [6.07, 6.45) is 4.51. The molecule has 1 amide bonds. The average molecular weight is 347 g/mol. The smallest absolute Gasteiger partial charge is 0.321 e. The molecule has 6 heteroatoms. The molecule has 3 aromatic rings. The Morgan fingerprint density at radius 2 is 1.69 bits per heavy atom. The third-order valence-electron chi connectivity index (χ3n) is 3.32. The summed E-state index contributed by atoms with van der Waals surface area (Å²) in [6.45, 7) is 4.02. The van der Waals surface area contributed by atoms with E-state index in [4.69, 9.17) is 9.47 Å². The monoisotopic (exact) mass is 347 g/mol. The number of carbonyl (C=O) groups excluding carboxylic acids is 1. The molecule has 0 radical (unpaired) electrons. The fourth-order valence-electron chi connectivity index (χ4n) is 2.07. The first-order valence-electron chi connectivity index (χ1n) is 7.94. The molecule has 0 aliphatic carbocycles. The lowest BCUT2D eigenvalue weighted by molar-refractivity contribution is 0.102. The third-order valence-corrected chi connectivity index (χ3v) is 3.32. The van der Waals surface area contributed by atoms with Gasteiger partial charge in [0, 0.05) is 18.1 Å². The molecule has 130 valence electrons. The highest BCUT2D eigenvalue weighted by Crippen LogP contribution is 2.18. The van der Waals surface area contributed by atoms with Crippen LogP contribution in [0.25, 0.3) is 0 Å². The zero-order valence-electron chi connectivity index (χ0n) is 14.0. The number of aromatic nitrogens is 2. The second-order valence-electron chi connectivity index (χ2n) is 5.25. The molecular weight excluding hydrogens is 330 g/mol. The summed E-state index contributed by atoms with van der Waals surface area (Å²) in [5.74, 6) is 1.02. The average Bonchev–Trinajstić information content (AvgIpc) is 2.69. The molecule has 2 aromatic carbocycles. The molecule has 1 N–H and O–H groups in total. The minimum Gasteiger partial charge on any atom is -0.490 e. The number of amides is 1. The van der Waals surface area contributed by atoms with Crippen molar-refractivity contribution in [2.75, 3.05) is 11.9 Å². The van der Waals surface area contributed by atoms with Crippen LogP contribution in [0, 0.1) is 0 Å². The number of hydrogen-bond acceptors (Lipinski definition) is 5. The quantitative estimate of drug-likeness (QED) is 0.652. The van der Waals surface area contributed by atoms with Crippen LogP contribution in [0.4, 0.5) is 5.69 Å². The number of nitrogens with zero attached hydrogens (tertiary/aromatic N) is 2. The molecule has 1 aromatic heterocycles. The lowest BCUT2D eigenvalue weighted by Crippen LogP contribution is -2.12. The van der Waals surface area contributed by atoms with E-state index in [9.17, 15) is 4.79 Å². The van der Waals surface area contributed by atoms with Gasteiger partial charge in [-0.1, -0.05) is 30.9 Å². The highest BCUT2D eigenvalue weighted by molar-refractivity contribution is 6.03. The second-order valence-corrected chi connectivity index (χ2v) is 5.25. The summed E-state index contributed by atoms with van der Waals surface area (Å²) in [5, 5.41) is 2.78. The molecule has 0 saturated carbocycles. The minimum atomic E-state index is -0.309. The molecule has 26 heavy (non-hydrogen) atoms. The molecule has 0 aliphatic heterocycles. The molecule has 3 rings (SSSR count). The van der Waals surface area contributed by atoms with Gasteiger partial charge in [0.1, 0.15) is 18.1 Å². The fraction of sp³-hybridized carbons (Fsp3) is 0.0500. The van der Waals surface area contributed by atoms with Gasteiger partial charge in [0.05, 0.1) is 5.56 Å². The van der Waals surface area contributed by atoms with Crippen LogP contribution in [0.2, 0.25) is 0 Å². The largest absolute Gasteiger partial charge is 0.490 e. The normalized spacial score (nSPS) is 10.0.